The van der Waals surface area contributed by atoms with E-state index in [1.54, 1.807) is 0 Å². The highest BCUT2D eigenvalue weighted by molar-refractivity contribution is 5.83. The second-order valence-electron chi connectivity index (χ2n) is 6.88. The molecule has 2 heterocycles. The number of likely N-dealkylation sites (N-methyl/N-ethyl adjacent to an activating group) is 1. The lowest BCUT2D eigenvalue weighted by Gasteiger charge is -2.45. The summed E-state index contributed by atoms with van der Waals surface area (Å²) in [5.41, 5.74) is 0. The van der Waals surface area contributed by atoms with Gasteiger partial charge >= 0.3 is 0 Å². The van der Waals surface area contributed by atoms with Gasteiger partial charge in [-0.3, -0.25) is 9.69 Å². The van der Waals surface area contributed by atoms with Crippen molar-refractivity contribution in [3.63, 3.8) is 0 Å². The second-order valence-corrected chi connectivity index (χ2v) is 6.88. The zero-order valence-corrected chi connectivity index (χ0v) is 12.6. The molecule has 0 aromatic rings. The van der Waals surface area contributed by atoms with E-state index in [1.807, 2.05) is 11.9 Å². The van der Waals surface area contributed by atoms with E-state index in [0.29, 0.717) is 17.9 Å². The smallest absolute Gasteiger partial charge is 0.239 e. The van der Waals surface area contributed by atoms with E-state index in [2.05, 4.69) is 4.90 Å². The van der Waals surface area contributed by atoms with Gasteiger partial charge in [0.25, 0.3) is 0 Å². The summed E-state index contributed by atoms with van der Waals surface area (Å²) in [7, 11) is 1.91. The molecule has 0 spiro atoms. The molecule has 2 saturated heterocycles. The van der Waals surface area contributed by atoms with Crippen molar-refractivity contribution in [3.05, 3.63) is 0 Å². The Kier molecular flexibility index (Phi) is 4.32. The van der Waals surface area contributed by atoms with Gasteiger partial charge in [0, 0.05) is 25.6 Å². The van der Waals surface area contributed by atoms with Crippen LogP contribution in [0.5, 0.6) is 0 Å². The van der Waals surface area contributed by atoms with Crippen LogP contribution >= 0.6 is 0 Å². The maximum atomic E-state index is 12.3. The van der Waals surface area contributed by atoms with Gasteiger partial charge in [-0.25, -0.2) is 0 Å². The number of carbonyl (C=O) groups excluding carboxylic acids is 1. The molecule has 1 saturated carbocycles. The molecule has 3 aliphatic rings. The Morgan fingerprint density at radius 1 is 1.00 bits per heavy atom. The Morgan fingerprint density at radius 2 is 1.75 bits per heavy atom. The SMILES string of the molecule is CN1CCC(N2CCCCC2C2CCCCC2O)C1=O. The lowest BCUT2D eigenvalue weighted by atomic mass is 9.77. The Bertz CT molecular complexity index is 360. The number of aliphatic hydroxyl groups is 1. The van der Waals surface area contributed by atoms with E-state index in [-0.39, 0.29) is 12.1 Å². The average molecular weight is 280 g/mol. The molecule has 20 heavy (non-hydrogen) atoms. The van der Waals surface area contributed by atoms with E-state index in [9.17, 15) is 9.90 Å². The predicted molar refractivity (Wildman–Crippen MR) is 78.4 cm³/mol. The largest absolute Gasteiger partial charge is 0.393 e. The first-order valence-corrected chi connectivity index (χ1v) is 8.37. The molecular weight excluding hydrogens is 252 g/mol. The molecule has 114 valence electrons. The van der Waals surface area contributed by atoms with Gasteiger partial charge in [0.2, 0.25) is 5.91 Å². The highest BCUT2D eigenvalue weighted by Gasteiger charge is 2.42. The summed E-state index contributed by atoms with van der Waals surface area (Å²) in [4.78, 5) is 16.7. The fourth-order valence-corrected chi connectivity index (χ4v) is 4.53. The van der Waals surface area contributed by atoms with E-state index in [1.165, 1.54) is 19.3 Å². The van der Waals surface area contributed by atoms with Crippen LogP contribution in [0.3, 0.4) is 0 Å². The van der Waals surface area contributed by atoms with Crippen molar-refractivity contribution in [2.75, 3.05) is 20.1 Å². The van der Waals surface area contributed by atoms with E-state index >= 15 is 0 Å². The summed E-state index contributed by atoms with van der Waals surface area (Å²) in [5, 5.41) is 10.4. The molecule has 1 amide bonds. The van der Waals surface area contributed by atoms with Crippen LogP contribution in [0.25, 0.3) is 0 Å². The molecule has 0 radical (unpaired) electrons. The molecule has 0 bridgehead atoms. The summed E-state index contributed by atoms with van der Waals surface area (Å²) in [6, 6.07) is 0.513. The van der Waals surface area contributed by atoms with Gasteiger partial charge in [0.15, 0.2) is 0 Å². The van der Waals surface area contributed by atoms with Gasteiger partial charge in [-0.2, -0.15) is 0 Å². The number of carbonyl (C=O) groups is 1. The van der Waals surface area contributed by atoms with Crippen LogP contribution in [0.15, 0.2) is 0 Å². The third-order valence-corrected chi connectivity index (χ3v) is 5.67. The standard InChI is InChI=1S/C16H28N2O2/c1-17-11-9-14(16(17)20)18-10-5-4-7-13(18)12-6-2-3-8-15(12)19/h12-15,19H,2-11H2,1H3. The van der Waals surface area contributed by atoms with Gasteiger partial charge < -0.3 is 10.0 Å². The number of aliphatic hydroxyl groups excluding tert-OH is 1. The second kappa shape index (κ2) is 6.02. The van der Waals surface area contributed by atoms with Crippen LogP contribution in [-0.2, 0) is 4.79 Å². The highest BCUT2D eigenvalue weighted by atomic mass is 16.3. The van der Waals surface area contributed by atoms with Crippen LogP contribution in [0.2, 0.25) is 0 Å². The van der Waals surface area contributed by atoms with Gasteiger partial charge in [-0.15, -0.1) is 0 Å². The molecule has 0 aromatic heterocycles. The Hall–Kier alpha value is -0.610. The minimum atomic E-state index is -0.149. The van der Waals surface area contributed by atoms with Crippen molar-refractivity contribution in [3.8, 4) is 0 Å². The Labute approximate surface area is 122 Å². The molecule has 3 rings (SSSR count). The van der Waals surface area contributed by atoms with Crippen molar-refractivity contribution >= 4 is 5.91 Å². The summed E-state index contributed by atoms with van der Waals surface area (Å²) < 4.78 is 0. The fourth-order valence-electron chi connectivity index (χ4n) is 4.53. The Morgan fingerprint density at radius 3 is 2.45 bits per heavy atom. The van der Waals surface area contributed by atoms with E-state index in [4.69, 9.17) is 0 Å². The number of hydrogen-bond donors (Lipinski definition) is 1. The quantitative estimate of drug-likeness (QED) is 0.836. The first-order valence-electron chi connectivity index (χ1n) is 8.37. The highest BCUT2D eigenvalue weighted by Crippen LogP contribution is 2.36. The maximum absolute atomic E-state index is 12.3. The molecule has 0 aromatic carbocycles. The van der Waals surface area contributed by atoms with Crippen molar-refractivity contribution in [1.82, 2.24) is 9.80 Å². The molecule has 4 heteroatoms. The molecule has 4 unspecified atom stereocenters. The van der Waals surface area contributed by atoms with Gasteiger partial charge in [-0.1, -0.05) is 19.3 Å². The minimum absolute atomic E-state index is 0.0828. The van der Waals surface area contributed by atoms with Gasteiger partial charge in [0.05, 0.1) is 12.1 Å². The fraction of sp³-hybridized carbons (Fsp3) is 0.938. The number of amides is 1. The topological polar surface area (TPSA) is 43.8 Å². The number of rotatable bonds is 2. The van der Waals surface area contributed by atoms with Crippen molar-refractivity contribution < 1.29 is 9.90 Å². The van der Waals surface area contributed by atoms with Crippen LogP contribution in [0.1, 0.15) is 51.4 Å². The zero-order chi connectivity index (χ0) is 14.1. The number of likely N-dealkylation sites (tertiary alicyclic amines) is 2. The third kappa shape index (κ3) is 2.60. The average Bonchev–Trinajstić information content (AvgIpc) is 2.80. The lowest BCUT2D eigenvalue weighted by molar-refractivity contribution is -0.133. The van der Waals surface area contributed by atoms with Crippen LogP contribution in [0.4, 0.5) is 0 Å². The van der Waals surface area contributed by atoms with Gasteiger partial charge in [-0.05, 0) is 38.6 Å². The Balaban J connectivity index is 1.75. The summed E-state index contributed by atoms with van der Waals surface area (Å²) in [6.45, 7) is 1.93. The molecule has 4 nitrogen and oxygen atoms in total. The maximum Gasteiger partial charge on any atom is 0.239 e. The molecular formula is C16H28N2O2. The predicted octanol–water partition coefficient (Wildman–Crippen LogP) is 1.62. The summed E-state index contributed by atoms with van der Waals surface area (Å²) in [5.74, 6) is 0.685. The van der Waals surface area contributed by atoms with Crippen molar-refractivity contribution in [2.45, 2.75) is 69.6 Å². The normalized spacial score (nSPS) is 40.3. The van der Waals surface area contributed by atoms with Crippen LogP contribution in [0, 0.1) is 5.92 Å². The van der Waals surface area contributed by atoms with Crippen LogP contribution < -0.4 is 0 Å². The van der Waals surface area contributed by atoms with Crippen molar-refractivity contribution in [1.29, 1.82) is 0 Å². The molecule has 4 atom stereocenters. The lowest BCUT2D eigenvalue weighted by Crippen LogP contribution is -2.54. The first kappa shape index (κ1) is 14.3. The first-order chi connectivity index (χ1) is 9.68. The minimum Gasteiger partial charge on any atom is -0.393 e. The molecule has 2 aliphatic heterocycles. The van der Waals surface area contributed by atoms with Crippen molar-refractivity contribution in [2.24, 2.45) is 5.92 Å². The van der Waals surface area contributed by atoms with Crippen LogP contribution in [-0.4, -0.2) is 59.1 Å². The molecule has 3 fully saturated rings. The molecule has 1 N–H and O–H groups in total. The number of piperidine rings is 1. The third-order valence-electron chi connectivity index (χ3n) is 5.67. The molecule has 1 aliphatic carbocycles. The zero-order valence-electron chi connectivity index (χ0n) is 12.6. The number of hydrogen-bond acceptors (Lipinski definition) is 3. The number of nitrogens with zero attached hydrogens (tertiary/aromatic N) is 2. The monoisotopic (exact) mass is 280 g/mol. The van der Waals surface area contributed by atoms with E-state index in [0.717, 1.165) is 45.2 Å². The summed E-state index contributed by atoms with van der Waals surface area (Å²) >= 11 is 0. The summed E-state index contributed by atoms with van der Waals surface area (Å²) in [6.07, 6.45) is 8.92. The van der Waals surface area contributed by atoms with E-state index < -0.39 is 0 Å². The van der Waals surface area contributed by atoms with Gasteiger partial charge in [0.1, 0.15) is 0 Å².